The summed E-state index contributed by atoms with van der Waals surface area (Å²) in [6.45, 7) is 3.54. The Morgan fingerprint density at radius 1 is 1.39 bits per heavy atom. The van der Waals surface area contributed by atoms with E-state index in [9.17, 15) is 4.79 Å². The zero-order valence-corrected chi connectivity index (χ0v) is 14.8. The number of benzene rings is 1. The van der Waals surface area contributed by atoms with E-state index < -0.39 is 0 Å². The number of para-hydroxylation sites is 1. The summed E-state index contributed by atoms with van der Waals surface area (Å²) in [6.07, 6.45) is 0.906. The van der Waals surface area contributed by atoms with E-state index >= 15 is 0 Å². The van der Waals surface area contributed by atoms with Crippen LogP contribution in [-0.2, 0) is 6.54 Å². The Bertz CT molecular complexity index is 703. The number of hydrogen-bond acceptors (Lipinski definition) is 3. The minimum atomic E-state index is -0.0951. The molecule has 1 atom stereocenters. The number of carbonyl (C=O) groups is 1. The summed E-state index contributed by atoms with van der Waals surface area (Å²) in [7, 11) is 2.08. The summed E-state index contributed by atoms with van der Waals surface area (Å²) in [5.74, 6) is 0. The van der Waals surface area contributed by atoms with Crippen molar-refractivity contribution in [2.45, 2.75) is 25.9 Å². The van der Waals surface area contributed by atoms with E-state index in [2.05, 4.69) is 36.3 Å². The van der Waals surface area contributed by atoms with Crippen LogP contribution in [0, 0.1) is 0 Å². The van der Waals surface area contributed by atoms with Gasteiger partial charge in [-0.3, -0.25) is 0 Å². The van der Waals surface area contributed by atoms with Crippen molar-refractivity contribution in [2.24, 2.45) is 0 Å². The Kier molecular flexibility index (Phi) is 4.78. The van der Waals surface area contributed by atoms with E-state index in [1.165, 1.54) is 17.0 Å². The molecule has 1 aromatic heterocycles. The summed E-state index contributed by atoms with van der Waals surface area (Å²) in [5.41, 5.74) is 3.04. The van der Waals surface area contributed by atoms with E-state index in [0.29, 0.717) is 16.6 Å². The number of thiophene rings is 1. The number of anilines is 2. The molecule has 0 aliphatic carbocycles. The van der Waals surface area contributed by atoms with Crippen molar-refractivity contribution in [3.63, 3.8) is 0 Å². The Balaban J connectivity index is 1.87. The molecule has 6 heteroatoms. The lowest BCUT2D eigenvalue weighted by Gasteiger charge is -2.30. The number of hydrogen-bond donors (Lipinski definition) is 1. The maximum atomic E-state index is 12.8. The molecule has 1 aliphatic heterocycles. The van der Waals surface area contributed by atoms with Gasteiger partial charge in [-0.1, -0.05) is 36.7 Å². The molecular formula is C17H20ClN3OS. The summed E-state index contributed by atoms with van der Waals surface area (Å²) in [6, 6.07) is 10.2. The first-order valence-corrected chi connectivity index (χ1v) is 8.95. The molecule has 1 aromatic carbocycles. The topological polar surface area (TPSA) is 35.6 Å². The van der Waals surface area contributed by atoms with Crippen LogP contribution in [0.25, 0.3) is 0 Å². The largest absolute Gasteiger partial charge is 0.372 e. The number of halogens is 1. The van der Waals surface area contributed by atoms with E-state index in [1.54, 1.807) is 0 Å². The highest BCUT2D eigenvalue weighted by Gasteiger charge is 2.28. The van der Waals surface area contributed by atoms with E-state index in [1.807, 2.05) is 28.5 Å². The second kappa shape index (κ2) is 6.81. The molecule has 0 saturated heterocycles. The summed E-state index contributed by atoms with van der Waals surface area (Å²) in [4.78, 5) is 16.9. The zero-order valence-electron chi connectivity index (χ0n) is 13.3. The number of amides is 2. The first-order valence-electron chi connectivity index (χ1n) is 7.69. The van der Waals surface area contributed by atoms with Gasteiger partial charge in [0.2, 0.25) is 0 Å². The minimum absolute atomic E-state index is 0.0951. The minimum Gasteiger partial charge on any atom is -0.372 e. The van der Waals surface area contributed by atoms with Gasteiger partial charge in [-0.2, -0.15) is 0 Å². The smallest absolute Gasteiger partial charge is 0.322 e. The quantitative estimate of drug-likeness (QED) is 0.855. The number of carbonyl (C=O) groups excluding carboxylic acids is 1. The first kappa shape index (κ1) is 16.1. The van der Waals surface area contributed by atoms with Gasteiger partial charge in [0, 0.05) is 25.8 Å². The second-order valence-electron chi connectivity index (χ2n) is 5.74. The molecule has 1 aliphatic rings. The average molecular weight is 350 g/mol. The summed E-state index contributed by atoms with van der Waals surface area (Å²) >= 11 is 7.52. The molecular weight excluding hydrogens is 330 g/mol. The van der Waals surface area contributed by atoms with E-state index in [-0.39, 0.29) is 12.1 Å². The zero-order chi connectivity index (χ0) is 16.4. The SMILES string of the molecule is CCC1CN(C)c2ccccc2CN1C(=O)Nc1ccsc1Cl. The third-order valence-electron chi connectivity index (χ3n) is 4.26. The number of rotatable bonds is 2. The van der Waals surface area contributed by atoms with Crippen molar-refractivity contribution in [1.29, 1.82) is 0 Å². The lowest BCUT2D eigenvalue weighted by molar-refractivity contribution is 0.185. The standard InChI is InChI=1S/C17H20ClN3OS/c1-3-13-11-20(2)15-7-5-4-6-12(15)10-21(13)17(22)19-14-8-9-23-16(14)18/h4-9,13H,3,10-11H2,1-2H3,(H,19,22). The van der Waals surface area contributed by atoms with Crippen LogP contribution in [0.2, 0.25) is 4.34 Å². The fraction of sp³-hybridized carbons (Fsp3) is 0.353. The molecule has 122 valence electrons. The van der Waals surface area contributed by atoms with Crippen LogP contribution in [0.1, 0.15) is 18.9 Å². The normalized spacial score (nSPS) is 17.6. The van der Waals surface area contributed by atoms with Gasteiger partial charge in [0.15, 0.2) is 0 Å². The van der Waals surface area contributed by atoms with Crippen LogP contribution in [0.3, 0.4) is 0 Å². The predicted octanol–water partition coefficient (Wildman–Crippen LogP) is 4.66. The number of likely N-dealkylation sites (N-methyl/N-ethyl adjacent to an activating group) is 1. The third kappa shape index (κ3) is 3.31. The molecule has 0 fully saturated rings. The molecule has 2 amide bonds. The molecule has 0 bridgehead atoms. The molecule has 1 unspecified atom stereocenters. The van der Waals surface area contributed by atoms with Crippen LogP contribution in [0.4, 0.5) is 16.2 Å². The third-order valence-corrected chi connectivity index (χ3v) is 5.43. The van der Waals surface area contributed by atoms with Crippen molar-refractivity contribution < 1.29 is 4.79 Å². The first-order chi connectivity index (χ1) is 11.1. The molecule has 3 rings (SSSR count). The van der Waals surface area contributed by atoms with Gasteiger partial charge in [0.05, 0.1) is 11.7 Å². The molecule has 2 aromatic rings. The van der Waals surface area contributed by atoms with E-state index in [4.69, 9.17) is 11.6 Å². The molecule has 0 spiro atoms. The Labute approximate surface area is 145 Å². The molecule has 2 heterocycles. The van der Waals surface area contributed by atoms with Gasteiger partial charge in [-0.05, 0) is 29.5 Å². The molecule has 0 radical (unpaired) electrons. The van der Waals surface area contributed by atoms with Crippen LogP contribution >= 0.6 is 22.9 Å². The number of fused-ring (bicyclic) bond motifs is 1. The fourth-order valence-electron chi connectivity index (χ4n) is 3.00. The summed E-state index contributed by atoms with van der Waals surface area (Å²) in [5, 5.41) is 4.82. The van der Waals surface area contributed by atoms with Gasteiger partial charge in [-0.25, -0.2) is 4.79 Å². The van der Waals surface area contributed by atoms with Crippen molar-refractivity contribution in [3.8, 4) is 0 Å². The summed E-state index contributed by atoms with van der Waals surface area (Å²) < 4.78 is 0.610. The van der Waals surface area contributed by atoms with Gasteiger partial charge < -0.3 is 15.1 Å². The van der Waals surface area contributed by atoms with Gasteiger partial charge in [-0.15, -0.1) is 11.3 Å². The van der Waals surface area contributed by atoms with Crippen molar-refractivity contribution >= 4 is 40.3 Å². The number of nitrogens with one attached hydrogen (secondary N) is 1. The van der Waals surface area contributed by atoms with Gasteiger partial charge in [0.1, 0.15) is 4.34 Å². The van der Waals surface area contributed by atoms with E-state index in [0.717, 1.165) is 18.5 Å². The van der Waals surface area contributed by atoms with Gasteiger partial charge >= 0.3 is 6.03 Å². The predicted molar refractivity (Wildman–Crippen MR) is 97.7 cm³/mol. The van der Waals surface area contributed by atoms with Gasteiger partial charge in [0.25, 0.3) is 0 Å². The average Bonchev–Trinajstić information content (AvgIpc) is 2.88. The Morgan fingerprint density at radius 3 is 2.87 bits per heavy atom. The maximum absolute atomic E-state index is 12.8. The van der Waals surface area contributed by atoms with Crippen molar-refractivity contribution in [3.05, 3.63) is 45.6 Å². The molecule has 0 saturated carbocycles. The lowest BCUT2D eigenvalue weighted by atomic mass is 10.1. The Hall–Kier alpha value is -1.72. The lowest BCUT2D eigenvalue weighted by Crippen LogP contribution is -2.45. The molecule has 4 nitrogen and oxygen atoms in total. The van der Waals surface area contributed by atoms with Crippen LogP contribution < -0.4 is 10.2 Å². The second-order valence-corrected chi connectivity index (χ2v) is 7.26. The highest BCUT2D eigenvalue weighted by molar-refractivity contribution is 7.15. The van der Waals surface area contributed by atoms with Crippen LogP contribution in [0.5, 0.6) is 0 Å². The van der Waals surface area contributed by atoms with Crippen molar-refractivity contribution in [1.82, 2.24) is 4.90 Å². The maximum Gasteiger partial charge on any atom is 0.322 e. The molecule has 1 N–H and O–H groups in total. The Morgan fingerprint density at radius 2 is 2.17 bits per heavy atom. The highest BCUT2D eigenvalue weighted by Crippen LogP contribution is 2.30. The number of urea groups is 1. The van der Waals surface area contributed by atoms with Crippen LogP contribution in [0.15, 0.2) is 35.7 Å². The van der Waals surface area contributed by atoms with Crippen LogP contribution in [-0.4, -0.2) is 30.6 Å². The van der Waals surface area contributed by atoms with Crippen molar-refractivity contribution in [2.75, 3.05) is 23.8 Å². The monoisotopic (exact) mass is 349 g/mol. The number of nitrogens with zero attached hydrogens (tertiary/aromatic N) is 2. The molecule has 23 heavy (non-hydrogen) atoms. The fourth-order valence-corrected chi connectivity index (χ4v) is 3.83. The highest BCUT2D eigenvalue weighted by atomic mass is 35.5.